The van der Waals surface area contributed by atoms with E-state index >= 15 is 0 Å². The standard InChI is InChI=1S/C25H25N5O2/c31-22(26-15-13-19-7-3-1-4-8-19)12-11-21-29-24-23(27-16-17-28-24)25(32)30(21)18-14-20-9-5-2-6-10-20/h1-10,16-17H,11-15,18H2,(H,26,31). The second-order valence-corrected chi connectivity index (χ2v) is 7.53. The summed E-state index contributed by atoms with van der Waals surface area (Å²) >= 11 is 0. The van der Waals surface area contributed by atoms with Crippen LogP contribution in [0.15, 0.2) is 77.9 Å². The summed E-state index contributed by atoms with van der Waals surface area (Å²) in [7, 11) is 0. The van der Waals surface area contributed by atoms with Gasteiger partial charge >= 0.3 is 0 Å². The molecule has 162 valence electrons. The minimum absolute atomic E-state index is 0.0657. The SMILES string of the molecule is O=C(CCc1nc2nccnc2c(=O)n1CCc1ccccc1)NCCc1ccccc1. The fraction of sp³-hybridized carbons (Fsp3) is 0.240. The predicted octanol–water partition coefficient (Wildman–Crippen LogP) is 2.72. The van der Waals surface area contributed by atoms with E-state index in [4.69, 9.17) is 0 Å². The molecule has 7 nitrogen and oxygen atoms in total. The van der Waals surface area contributed by atoms with Crippen molar-refractivity contribution in [1.82, 2.24) is 24.8 Å². The van der Waals surface area contributed by atoms with Crippen molar-refractivity contribution in [3.05, 3.63) is 100 Å². The zero-order valence-corrected chi connectivity index (χ0v) is 17.8. The molecule has 4 rings (SSSR count). The van der Waals surface area contributed by atoms with Crippen LogP contribution in [0.5, 0.6) is 0 Å². The summed E-state index contributed by atoms with van der Waals surface area (Å²) in [6.45, 7) is 1.04. The highest BCUT2D eigenvalue weighted by Crippen LogP contribution is 2.08. The zero-order chi connectivity index (χ0) is 22.2. The van der Waals surface area contributed by atoms with Crippen LogP contribution in [-0.4, -0.2) is 32.0 Å². The van der Waals surface area contributed by atoms with Crippen molar-refractivity contribution >= 4 is 17.1 Å². The van der Waals surface area contributed by atoms with Crippen molar-refractivity contribution < 1.29 is 4.79 Å². The largest absolute Gasteiger partial charge is 0.356 e. The van der Waals surface area contributed by atoms with Gasteiger partial charge in [-0.2, -0.15) is 0 Å². The van der Waals surface area contributed by atoms with Crippen LogP contribution in [0.3, 0.4) is 0 Å². The predicted molar refractivity (Wildman–Crippen MR) is 123 cm³/mol. The summed E-state index contributed by atoms with van der Waals surface area (Å²) in [5, 5.41) is 2.95. The molecule has 0 bridgehead atoms. The molecule has 7 heteroatoms. The molecule has 0 atom stereocenters. The molecule has 2 aromatic carbocycles. The number of aromatic nitrogens is 4. The van der Waals surface area contributed by atoms with Crippen LogP contribution in [0.1, 0.15) is 23.4 Å². The maximum atomic E-state index is 13.1. The van der Waals surface area contributed by atoms with E-state index in [1.54, 1.807) is 4.57 Å². The van der Waals surface area contributed by atoms with Gasteiger partial charge in [-0.05, 0) is 24.0 Å². The van der Waals surface area contributed by atoms with Crippen molar-refractivity contribution in [2.75, 3.05) is 6.54 Å². The Hall–Kier alpha value is -3.87. The number of hydrogen-bond donors (Lipinski definition) is 1. The van der Waals surface area contributed by atoms with Crippen LogP contribution in [0.2, 0.25) is 0 Å². The normalized spacial score (nSPS) is 10.9. The number of hydrogen-bond acceptors (Lipinski definition) is 5. The Kier molecular flexibility index (Phi) is 6.97. The summed E-state index contributed by atoms with van der Waals surface area (Å²) in [5.74, 6) is 0.487. The maximum Gasteiger partial charge on any atom is 0.281 e. The number of benzene rings is 2. The Balaban J connectivity index is 1.45. The molecule has 0 unspecified atom stereocenters. The highest BCUT2D eigenvalue weighted by Gasteiger charge is 2.14. The molecule has 0 saturated heterocycles. The van der Waals surface area contributed by atoms with Crippen LogP contribution in [0.4, 0.5) is 0 Å². The first-order chi connectivity index (χ1) is 15.7. The summed E-state index contributed by atoms with van der Waals surface area (Å²) in [6.07, 6.45) is 5.07. The van der Waals surface area contributed by atoms with Crippen molar-refractivity contribution in [3.8, 4) is 0 Å². The number of fused-ring (bicyclic) bond motifs is 1. The summed E-state index contributed by atoms with van der Waals surface area (Å²) in [5.41, 5.74) is 2.64. The second-order valence-electron chi connectivity index (χ2n) is 7.53. The van der Waals surface area contributed by atoms with Crippen LogP contribution < -0.4 is 10.9 Å². The van der Waals surface area contributed by atoms with Gasteiger partial charge in [-0.1, -0.05) is 60.7 Å². The number of carbonyl (C=O) groups is 1. The fourth-order valence-electron chi connectivity index (χ4n) is 3.60. The number of carbonyl (C=O) groups excluding carboxylic acids is 1. The van der Waals surface area contributed by atoms with E-state index in [0.717, 1.165) is 12.0 Å². The molecule has 2 heterocycles. The molecular weight excluding hydrogens is 402 g/mol. The van der Waals surface area contributed by atoms with Gasteiger partial charge in [0, 0.05) is 38.3 Å². The van der Waals surface area contributed by atoms with E-state index in [0.29, 0.717) is 37.4 Å². The summed E-state index contributed by atoms with van der Waals surface area (Å²) < 4.78 is 1.63. The average Bonchev–Trinajstić information content (AvgIpc) is 2.83. The first-order valence-corrected chi connectivity index (χ1v) is 10.8. The second kappa shape index (κ2) is 10.4. The van der Waals surface area contributed by atoms with E-state index in [-0.39, 0.29) is 23.4 Å². The van der Waals surface area contributed by atoms with Gasteiger partial charge in [0.25, 0.3) is 5.56 Å². The number of rotatable bonds is 9. The van der Waals surface area contributed by atoms with E-state index in [1.165, 1.54) is 18.0 Å². The third-order valence-electron chi connectivity index (χ3n) is 5.29. The van der Waals surface area contributed by atoms with Gasteiger partial charge in [-0.15, -0.1) is 0 Å². The lowest BCUT2D eigenvalue weighted by atomic mass is 10.1. The topological polar surface area (TPSA) is 89.8 Å². The molecule has 0 aliphatic rings. The zero-order valence-electron chi connectivity index (χ0n) is 17.8. The van der Waals surface area contributed by atoms with E-state index in [1.807, 2.05) is 60.7 Å². The lowest BCUT2D eigenvalue weighted by Crippen LogP contribution is -2.30. The van der Waals surface area contributed by atoms with Crippen molar-refractivity contribution in [1.29, 1.82) is 0 Å². The third kappa shape index (κ3) is 5.43. The average molecular weight is 428 g/mol. The van der Waals surface area contributed by atoms with Crippen molar-refractivity contribution in [3.63, 3.8) is 0 Å². The van der Waals surface area contributed by atoms with Crippen molar-refractivity contribution in [2.24, 2.45) is 0 Å². The van der Waals surface area contributed by atoms with E-state index in [9.17, 15) is 9.59 Å². The molecular formula is C25H25N5O2. The van der Waals surface area contributed by atoms with Gasteiger partial charge in [-0.25, -0.2) is 15.0 Å². The molecule has 0 spiro atoms. The fourth-order valence-corrected chi connectivity index (χ4v) is 3.60. The summed E-state index contributed by atoms with van der Waals surface area (Å²) in [4.78, 5) is 38.4. The molecule has 0 fully saturated rings. The Morgan fingerprint density at radius 3 is 2.22 bits per heavy atom. The molecule has 32 heavy (non-hydrogen) atoms. The van der Waals surface area contributed by atoms with Crippen LogP contribution in [0.25, 0.3) is 11.2 Å². The molecule has 1 amide bonds. The number of nitrogens with zero attached hydrogens (tertiary/aromatic N) is 4. The highest BCUT2D eigenvalue weighted by molar-refractivity contribution is 5.76. The molecule has 1 N–H and O–H groups in total. The quantitative estimate of drug-likeness (QED) is 0.444. The summed E-state index contributed by atoms with van der Waals surface area (Å²) in [6, 6.07) is 20.0. The molecule has 4 aromatic rings. The monoisotopic (exact) mass is 427 g/mol. The minimum Gasteiger partial charge on any atom is -0.356 e. The van der Waals surface area contributed by atoms with Gasteiger partial charge in [0.15, 0.2) is 11.2 Å². The molecule has 0 radical (unpaired) electrons. The van der Waals surface area contributed by atoms with Crippen LogP contribution >= 0.6 is 0 Å². The molecule has 0 aliphatic heterocycles. The number of amides is 1. The first kappa shape index (κ1) is 21.4. The third-order valence-corrected chi connectivity index (χ3v) is 5.29. The highest BCUT2D eigenvalue weighted by atomic mass is 16.1. The van der Waals surface area contributed by atoms with Gasteiger partial charge < -0.3 is 5.32 Å². The molecule has 0 aliphatic carbocycles. The van der Waals surface area contributed by atoms with Gasteiger partial charge in [0.2, 0.25) is 5.91 Å². The number of aryl methyl sites for hydroxylation is 2. The Labute approximate surface area is 186 Å². The smallest absolute Gasteiger partial charge is 0.281 e. The molecule has 0 saturated carbocycles. The maximum absolute atomic E-state index is 13.1. The van der Waals surface area contributed by atoms with Crippen molar-refractivity contribution in [2.45, 2.75) is 32.2 Å². The lowest BCUT2D eigenvalue weighted by molar-refractivity contribution is -0.121. The Morgan fingerprint density at radius 1 is 0.844 bits per heavy atom. The first-order valence-electron chi connectivity index (χ1n) is 10.8. The van der Waals surface area contributed by atoms with Gasteiger partial charge in [0.05, 0.1) is 0 Å². The van der Waals surface area contributed by atoms with Crippen LogP contribution in [0, 0.1) is 0 Å². The lowest BCUT2D eigenvalue weighted by Gasteiger charge is -2.13. The van der Waals surface area contributed by atoms with Gasteiger partial charge in [-0.3, -0.25) is 14.2 Å². The number of nitrogens with one attached hydrogen (secondary N) is 1. The molecule has 2 aromatic heterocycles. The van der Waals surface area contributed by atoms with Gasteiger partial charge in [0.1, 0.15) is 5.82 Å². The Morgan fingerprint density at radius 2 is 1.50 bits per heavy atom. The van der Waals surface area contributed by atoms with Crippen LogP contribution in [-0.2, 0) is 30.6 Å². The van der Waals surface area contributed by atoms with E-state index < -0.39 is 0 Å². The Bertz CT molecular complexity index is 1240. The van der Waals surface area contributed by atoms with E-state index in [2.05, 4.69) is 20.3 Å². The minimum atomic E-state index is -0.224.